The summed E-state index contributed by atoms with van der Waals surface area (Å²) in [6.45, 7) is 4.66. The molecule has 4 heteroatoms. The number of rotatable bonds is 2. The summed E-state index contributed by atoms with van der Waals surface area (Å²) in [5, 5.41) is 0. The van der Waals surface area contributed by atoms with Crippen molar-refractivity contribution in [1.82, 2.24) is 0 Å². The highest BCUT2D eigenvalue weighted by molar-refractivity contribution is 5.32. The molecule has 2 saturated carbocycles. The topological polar surface area (TPSA) is 58.9 Å². The number of aliphatic imine (C=N–C) groups is 2. The van der Waals surface area contributed by atoms with Crippen LogP contribution in [0, 0.1) is 11.8 Å². The fourth-order valence-electron chi connectivity index (χ4n) is 2.30. The summed E-state index contributed by atoms with van der Waals surface area (Å²) in [4.78, 5) is 24.6. The second-order valence-electron chi connectivity index (χ2n) is 4.25. The SMILES string of the molecule is C1CC2CCC1C2.CCN=C=O.CCN=C=O. The van der Waals surface area contributed by atoms with Gasteiger partial charge in [0.25, 0.3) is 0 Å². The molecule has 0 aromatic heterocycles. The number of nitrogens with zero attached hydrogens (tertiary/aromatic N) is 2. The van der Waals surface area contributed by atoms with Crippen molar-refractivity contribution in [3.63, 3.8) is 0 Å². The van der Waals surface area contributed by atoms with Crippen LogP contribution in [0.3, 0.4) is 0 Å². The van der Waals surface area contributed by atoms with E-state index < -0.39 is 0 Å². The molecule has 0 spiro atoms. The molecule has 2 aliphatic rings. The first-order chi connectivity index (χ1) is 8.28. The van der Waals surface area contributed by atoms with Gasteiger partial charge in [0.2, 0.25) is 12.2 Å². The Kier molecular flexibility index (Phi) is 10.4. The highest BCUT2D eigenvalue weighted by atomic mass is 16.1. The Hall–Kier alpha value is -1.24. The first-order valence-electron chi connectivity index (χ1n) is 6.35. The molecule has 0 saturated heterocycles. The van der Waals surface area contributed by atoms with Crippen LogP contribution in [0.15, 0.2) is 9.98 Å². The van der Waals surface area contributed by atoms with Crippen molar-refractivity contribution >= 4 is 12.2 Å². The number of fused-ring (bicyclic) bond motifs is 2. The Morgan fingerprint density at radius 2 is 1.24 bits per heavy atom. The predicted molar refractivity (Wildman–Crippen MR) is 67.4 cm³/mol. The third kappa shape index (κ3) is 8.56. The standard InChI is InChI=1S/C7H12.2C3H5NO/c1-2-7-4-3-6(1)5-7;2*1-2-4-3-5/h6-7H,1-5H2;2*2H2,1H3. The summed E-state index contributed by atoms with van der Waals surface area (Å²) in [6.07, 6.45) is 10.6. The van der Waals surface area contributed by atoms with E-state index in [2.05, 4.69) is 9.98 Å². The molecule has 4 nitrogen and oxygen atoms in total. The van der Waals surface area contributed by atoms with Gasteiger partial charge in [-0.1, -0.05) is 25.7 Å². The molecule has 0 heterocycles. The number of isocyanates is 2. The lowest BCUT2D eigenvalue weighted by molar-refractivity contribution is 0.480. The summed E-state index contributed by atoms with van der Waals surface area (Å²) in [5.41, 5.74) is 0. The number of carbonyl (C=O) groups excluding carboxylic acids is 2. The highest BCUT2D eigenvalue weighted by Crippen LogP contribution is 2.43. The van der Waals surface area contributed by atoms with Crippen molar-refractivity contribution in [2.45, 2.75) is 46.0 Å². The molecule has 2 aliphatic carbocycles. The van der Waals surface area contributed by atoms with Gasteiger partial charge in [-0.05, 0) is 32.1 Å². The van der Waals surface area contributed by atoms with Crippen molar-refractivity contribution in [2.75, 3.05) is 13.1 Å². The quantitative estimate of drug-likeness (QED) is 0.548. The van der Waals surface area contributed by atoms with Gasteiger partial charge in [0.1, 0.15) is 0 Å². The zero-order valence-electron chi connectivity index (χ0n) is 10.8. The average molecular weight is 238 g/mol. The molecule has 17 heavy (non-hydrogen) atoms. The molecule has 2 fully saturated rings. The molecular formula is C13H22N2O2. The Morgan fingerprint density at radius 1 is 0.882 bits per heavy atom. The van der Waals surface area contributed by atoms with E-state index in [1.807, 2.05) is 0 Å². The summed E-state index contributed by atoms with van der Waals surface area (Å²) < 4.78 is 0. The van der Waals surface area contributed by atoms with E-state index in [0.717, 1.165) is 0 Å². The molecule has 0 radical (unpaired) electrons. The lowest BCUT2D eigenvalue weighted by atomic mass is 10.0. The highest BCUT2D eigenvalue weighted by Gasteiger charge is 2.30. The second-order valence-corrected chi connectivity index (χ2v) is 4.25. The fraction of sp³-hybridized carbons (Fsp3) is 0.846. The van der Waals surface area contributed by atoms with Crippen molar-refractivity contribution in [2.24, 2.45) is 21.8 Å². The van der Waals surface area contributed by atoms with Gasteiger partial charge in [-0.2, -0.15) is 0 Å². The molecule has 0 aliphatic heterocycles. The smallest absolute Gasteiger partial charge is 0.211 e. The number of hydrogen-bond donors (Lipinski definition) is 0. The van der Waals surface area contributed by atoms with Crippen LogP contribution in [0.2, 0.25) is 0 Å². The van der Waals surface area contributed by atoms with E-state index in [-0.39, 0.29) is 0 Å². The molecule has 0 N–H and O–H groups in total. The maximum absolute atomic E-state index is 9.11. The molecule has 2 rings (SSSR count). The van der Waals surface area contributed by atoms with Gasteiger partial charge in [-0.3, -0.25) is 0 Å². The lowest BCUT2D eigenvalue weighted by Crippen LogP contribution is -1.90. The molecule has 0 aromatic rings. The Bertz CT molecular complexity index is 243. The second kappa shape index (κ2) is 11.3. The summed E-state index contributed by atoms with van der Waals surface area (Å²) in [6, 6.07) is 0. The first-order valence-corrected chi connectivity index (χ1v) is 6.35. The van der Waals surface area contributed by atoms with E-state index in [1.54, 1.807) is 46.0 Å². The van der Waals surface area contributed by atoms with Crippen LogP contribution in [0.5, 0.6) is 0 Å². The van der Waals surface area contributed by atoms with Crippen molar-refractivity contribution in [3.8, 4) is 0 Å². The van der Waals surface area contributed by atoms with Gasteiger partial charge in [-0.15, -0.1) is 0 Å². The maximum atomic E-state index is 9.11. The van der Waals surface area contributed by atoms with Crippen LogP contribution in [0.1, 0.15) is 46.0 Å². The van der Waals surface area contributed by atoms with Gasteiger partial charge in [0.05, 0.1) is 0 Å². The third-order valence-electron chi connectivity index (χ3n) is 3.08. The maximum Gasteiger partial charge on any atom is 0.234 e. The number of hydrogen-bond acceptors (Lipinski definition) is 4. The summed E-state index contributed by atoms with van der Waals surface area (Å²) >= 11 is 0. The van der Waals surface area contributed by atoms with Crippen molar-refractivity contribution < 1.29 is 9.59 Å². The van der Waals surface area contributed by atoms with Gasteiger partial charge in [0.15, 0.2) is 0 Å². The molecule has 2 bridgehead atoms. The molecule has 0 unspecified atom stereocenters. The van der Waals surface area contributed by atoms with E-state index in [4.69, 9.17) is 9.59 Å². The Morgan fingerprint density at radius 3 is 1.29 bits per heavy atom. The van der Waals surface area contributed by atoms with Gasteiger partial charge < -0.3 is 0 Å². The van der Waals surface area contributed by atoms with E-state index in [9.17, 15) is 0 Å². The zero-order valence-corrected chi connectivity index (χ0v) is 10.8. The monoisotopic (exact) mass is 238 g/mol. The van der Waals surface area contributed by atoms with Crippen LogP contribution >= 0.6 is 0 Å². The summed E-state index contributed by atoms with van der Waals surface area (Å²) in [7, 11) is 0. The zero-order chi connectivity index (χ0) is 12.9. The summed E-state index contributed by atoms with van der Waals surface area (Å²) in [5.74, 6) is 2.34. The van der Waals surface area contributed by atoms with Crippen LogP contribution in [-0.2, 0) is 9.59 Å². The molecular weight excluding hydrogens is 216 g/mol. The predicted octanol–water partition coefficient (Wildman–Crippen LogP) is 2.88. The minimum absolute atomic E-state index is 0.545. The average Bonchev–Trinajstić information content (AvgIpc) is 2.97. The van der Waals surface area contributed by atoms with Gasteiger partial charge in [0, 0.05) is 13.1 Å². The lowest BCUT2D eigenvalue weighted by Gasteiger charge is -2.05. The molecule has 96 valence electrons. The van der Waals surface area contributed by atoms with Crippen LogP contribution in [0.4, 0.5) is 0 Å². The third-order valence-corrected chi connectivity index (χ3v) is 3.08. The molecule has 0 amide bonds. The van der Waals surface area contributed by atoms with Crippen LogP contribution < -0.4 is 0 Å². The largest absolute Gasteiger partial charge is 0.234 e. The molecule has 0 aromatic carbocycles. The van der Waals surface area contributed by atoms with E-state index >= 15 is 0 Å². The van der Waals surface area contributed by atoms with E-state index in [0.29, 0.717) is 13.1 Å². The minimum Gasteiger partial charge on any atom is -0.211 e. The Balaban J connectivity index is 0.000000235. The fourth-order valence-corrected chi connectivity index (χ4v) is 2.30. The van der Waals surface area contributed by atoms with Gasteiger partial charge >= 0.3 is 0 Å². The normalized spacial score (nSPS) is 23.2. The van der Waals surface area contributed by atoms with Gasteiger partial charge in [-0.25, -0.2) is 19.6 Å². The van der Waals surface area contributed by atoms with Crippen molar-refractivity contribution in [1.29, 1.82) is 0 Å². The van der Waals surface area contributed by atoms with Crippen molar-refractivity contribution in [3.05, 3.63) is 0 Å². The first kappa shape index (κ1) is 15.8. The molecule has 0 atom stereocenters. The van der Waals surface area contributed by atoms with Crippen LogP contribution in [-0.4, -0.2) is 25.2 Å². The van der Waals surface area contributed by atoms with E-state index in [1.165, 1.54) is 24.0 Å². The minimum atomic E-state index is 0.545. The Labute approximate surface area is 103 Å². The van der Waals surface area contributed by atoms with Crippen LogP contribution in [0.25, 0.3) is 0 Å².